The summed E-state index contributed by atoms with van der Waals surface area (Å²) in [5.41, 5.74) is 6.06. The van der Waals surface area contributed by atoms with Gasteiger partial charge in [-0.15, -0.1) is 0 Å². The number of hydrogen-bond donors (Lipinski definition) is 3. The number of anilines is 3. The number of nitrogens with one attached hydrogen (secondary N) is 2. The monoisotopic (exact) mass is 570 g/mol. The Hall–Kier alpha value is -3.99. The summed E-state index contributed by atoms with van der Waals surface area (Å²) in [6.07, 6.45) is 3.70. The minimum atomic E-state index is -0.0266. The van der Waals surface area contributed by atoms with Crippen LogP contribution < -0.4 is 20.3 Å². The van der Waals surface area contributed by atoms with E-state index < -0.39 is 0 Å². The summed E-state index contributed by atoms with van der Waals surface area (Å²) < 4.78 is 7.58. The van der Waals surface area contributed by atoms with Crippen molar-refractivity contribution in [2.24, 2.45) is 0 Å². The highest BCUT2D eigenvalue weighted by Crippen LogP contribution is 2.35. The molecule has 2 aromatic heterocycles. The van der Waals surface area contributed by atoms with Crippen LogP contribution in [0.1, 0.15) is 31.9 Å². The highest BCUT2D eigenvalue weighted by molar-refractivity contribution is 5.71. The first kappa shape index (κ1) is 29.5. The molecular weight excluding hydrogens is 528 g/mol. The number of hydrogen-bond acceptors (Lipinski definition) is 9. The lowest BCUT2D eigenvalue weighted by Crippen LogP contribution is -2.49. The van der Waals surface area contributed by atoms with E-state index in [1.807, 2.05) is 49.5 Å². The molecule has 1 aliphatic rings. The van der Waals surface area contributed by atoms with Crippen LogP contribution in [0.3, 0.4) is 0 Å². The Balaban J connectivity index is 1.39. The molecule has 1 saturated heterocycles. The summed E-state index contributed by atoms with van der Waals surface area (Å²) in [6.45, 7) is 13.3. The van der Waals surface area contributed by atoms with Gasteiger partial charge in [0.25, 0.3) is 0 Å². The first-order valence-electron chi connectivity index (χ1n) is 14.6. The van der Waals surface area contributed by atoms with Crippen molar-refractivity contribution in [1.29, 1.82) is 0 Å². The lowest BCUT2D eigenvalue weighted by Gasteiger charge is -2.38. The van der Waals surface area contributed by atoms with Gasteiger partial charge in [0.15, 0.2) is 5.82 Å². The smallest absolute Gasteiger partial charge is 0.229 e. The molecule has 3 heterocycles. The number of rotatable bonds is 11. The SMILES string of the molecule is COc1cc(N2CCN(C(C)C)CC2)c(C)cc1Nc1nccc(-n2cc(CNC(C)CO)c(-c3ccccc3)n2)n1. The van der Waals surface area contributed by atoms with Crippen molar-refractivity contribution in [2.75, 3.05) is 50.1 Å². The van der Waals surface area contributed by atoms with E-state index in [1.165, 1.54) is 11.3 Å². The van der Waals surface area contributed by atoms with E-state index >= 15 is 0 Å². The molecule has 0 aliphatic carbocycles. The molecule has 222 valence electrons. The van der Waals surface area contributed by atoms with Crippen LogP contribution in [0.2, 0.25) is 0 Å². The van der Waals surface area contributed by atoms with Gasteiger partial charge < -0.3 is 25.4 Å². The molecule has 0 spiro atoms. The molecule has 10 nitrogen and oxygen atoms in total. The third-order valence-corrected chi connectivity index (χ3v) is 7.78. The fourth-order valence-corrected chi connectivity index (χ4v) is 5.27. The maximum Gasteiger partial charge on any atom is 0.229 e. The number of methoxy groups -OCH3 is 1. The summed E-state index contributed by atoms with van der Waals surface area (Å²) in [4.78, 5) is 14.2. The Labute approximate surface area is 248 Å². The Bertz CT molecular complexity index is 1460. The molecule has 10 heteroatoms. The summed E-state index contributed by atoms with van der Waals surface area (Å²) in [5, 5.41) is 21.1. The number of nitrogens with zero attached hydrogens (tertiary/aromatic N) is 6. The molecule has 2 aromatic carbocycles. The van der Waals surface area contributed by atoms with Crippen LogP contribution in [0.4, 0.5) is 17.3 Å². The van der Waals surface area contributed by atoms with Crippen molar-refractivity contribution in [1.82, 2.24) is 30.0 Å². The first-order chi connectivity index (χ1) is 20.4. The van der Waals surface area contributed by atoms with Gasteiger partial charge in [-0.25, -0.2) is 9.67 Å². The zero-order chi connectivity index (χ0) is 29.6. The summed E-state index contributed by atoms with van der Waals surface area (Å²) in [6, 6.07) is 16.7. The predicted octanol–water partition coefficient (Wildman–Crippen LogP) is 4.39. The van der Waals surface area contributed by atoms with Gasteiger partial charge in [-0.1, -0.05) is 30.3 Å². The molecule has 1 fully saturated rings. The fraction of sp³-hybridized carbons (Fsp3) is 0.406. The van der Waals surface area contributed by atoms with E-state index in [2.05, 4.69) is 58.3 Å². The normalized spacial score (nSPS) is 14.8. The average Bonchev–Trinajstić information content (AvgIpc) is 3.45. The molecule has 1 atom stereocenters. The van der Waals surface area contributed by atoms with Crippen molar-refractivity contribution in [2.45, 2.75) is 46.3 Å². The molecule has 5 rings (SSSR count). The maximum atomic E-state index is 9.48. The summed E-state index contributed by atoms with van der Waals surface area (Å²) in [7, 11) is 1.69. The van der Waals surface area contributed by atoms with Crippen LogP contribution >= 0.6 is 0 Å². The van der Waals surface area contributed by atoms with Crippen molar-refractivity contribution in [3.63, 3.8) is 0 Å². The van der Waals surface area contributed by atoms with E-state index in [9.17, 15) is 5.11 Å². The zero-order valence-corrected chi connectivity index (χ0v) is 25.2. The minimum Gasteiger partial charge on any atom is -0.494 e. The molecule has 3 N–H and O–H groups in total. The molecule has 0 amide bonds. The number of aliphatic hydroxyl groups excluding tert-OH is 1. The molecule has 0 saturated carbocycles. The third-order valence-electron chi connectivity index (χ3n) is 7.78. The van der Waals surface area contributed by atoms with Crippen molar-refractivity contribution in [3.05, 3.63) is 72.1 Å². The molecule has 1 aliphatic heterocycles. The van der Waals surface area contributed by atoms with Gasteiger partial charge in [0.2, 0.25) is 5.95 Å². The molecule has 0 bridgehead atoms. The van der Waals surface area contributed by atoms with Crippen LogP contribution in [0.5, 0.6) is 5.75 Å². The van der Waals surface area contributed by atoms with Crippen molar-refractivity contribution >= 4 is 17.3 Å². The second-order valence-electron chi connectivity index (χ2n) is 11.1. The number of piperazine rings is 1. The number of ether oxygens (including phenoxy) is 1. The van der Waals surface area contributed by atoms with Gasteiger partial charge in [0, 0.05) is 86.1 Å². The number of aromatic nitrogens is 4. The highest BCUT2D eigenvalue weighted by Gasteiger charge is 2.22. The second-order valence-corrected chi connectivity index (χ2v) is 11.1. The number of aliphatic hydroxyl groups is 1. The van der Waals surface area contributed by atoms with Gasteiger partial charge >= 0.3 is 0 Å². The number of aryl methyl sites for hydroxylation is 1. The van der Waals surface area contributed by atoms with Crippen molar-refractivity contribution < 1.29 is 9.84 Å². The van der Waals surface area contributed by atoms with Crippen LogP contribution in [-0.4, -0.2) is 81.7 Å². The van der Waals surface area contributed by atoms with Crippen LogP contribution in [0, 0.1) is 6.92 Å². The minimum absolute atomic E-state index is 0.0266. The first-order valence-corrected chi connectivity index (χ1v) is 14.6. The lowest BCUT2D eigenvalue weighted by atomic mass is 10.1. The van der Waals surface area contributed by atoms with Gasteiger partial charge in [0.05, 0.1) is 25.1 Å². The zero-order valence-electron chi connectivity index (χ0n) is 25.2. The summed E-state index contributed by atoms with van der Waals surface area (Å²) >= 11 is 0. The Morgan fingerprint density at radius 2 is 1.79 bits per heavy atom. The highest BCUT2D eigenvalue weighted by atomic mass is 16.5. The third kappa shape index (κ3) is 6.73. The van der Waals surface area contributed by atoms with E-state index in [0.29, 0.717) is 24.4 Å². The van der Waals surface area contributed by atoms with Gasteiger partial charge in [0.1, 0.15) is 5.75 Å². The van der Waals surface area contributed by atoms with E-state index in [1.54, 1.807) is 18.0 Å². The molecule has 42 heavy (non-hydrogen) atoms. The Morgan fingerprint density at radius 3 is 2.48 bits per heavy atom. The molecule has 4 aromatic rings. The molecule has 1 unspecified atom stereocenters. The average molecular weight is 571 g/mol. The van der Waals surface area contributed by atoms with E-state index in [0.717, 1.165) is 54.4 Å². The van der Waals surface area contributed by atoms with Gasteiger partial charge in [-0.3, -0.25) is 4.90 Å². The number of benzene rings is 2. The van der Waals surface area contributed by atoms with E-state index in [4.69, 9.17) is 14.8 Å². The summed E-state index contributed by atoms with van der Waals surface area (Å²) in [5.74, 6) is 1.84. The van der Waals surface area contributed by atoms with Crippen LogP contribution in [0.15, 0.2) is 60.9 Å². The standard InChI is InChI=1S/C32H42N8O2/c1-22(2)38-13-15-39(16-14-38)28-18-29(42-5)27(17-23(28)3)35-32-33-12-11-30(36-32)40-20-26(19-34-24(4)21-41)31(37-40)25-9-7-6-8-10-25/h6-12,17-18,20,22,24,34,41H,13-16,19,21H2,1-5H3,(H,33,35,36). The van der Waals surface area contributed by atoms with Crippen molar-refractivity contribution in [3.8, 4) is 22.8 Å². The Kier molecular flexibility index (Phi) is 9.36. The topological polar surface area (TPSA) is 104 Å². The van der Waals surface area contributed by atoms with Crippen LogP contribution in [0.25, 0.3) is 17.1 Å². The molecular formula is C32H42N8O2. The van der Waals surface area contributed by atoms with Crippen LogP contribution in [-0.2, 0) is 6.54 Å². The van der Waals surface area contributed by atoms with E-state index in [-0.39, 0.29) is 12.6 Å². The quantitative estimate of drug-likeness (QED) is 0.242. The second kappa shape index (κ2) is 13.3. The maximum absolute atomic E-state index is 9.48. The van der Waals surface area contributed by atoms with Gasteiger partial charge in [-0.05, 0) is 39.3 Å². The van der Waals surface area contributed by atoms with Gasteiger partial charge in [-0.2, -0.15) is 10.1 Å². The lowest BCUT2D eigenvalue weighted by molar-refractivity contribution is 0.209. The largest absolute Gasteiger partial charge is 0.494 e. The fourth-order valence-electron chi connectivity index (χ4n) is 5.27. The predicted molar refractivity (Wildman–Crippen MR) is 168 cm³/mol. The molecule has 0 radical (unpaired) electrons. The Morgan fingerprint density at radius 1 is 1.02 bits per heavy atom.